The Morgan fingerprint density at radius 1 is 1.05 bits per heavy atom. The number of aldehydes is 1. The van der Waals surface area contributed by atoms with Crippen molar-refractivity contribution in [1.82, 2.24) is 14.4 Å². The van der Waals surface area contributed by atoms with E-state index in [1.807, 2.05) is 23.6 Å². The number of benzene rings is 3. The molecule has 1 N–H and O–H groups in total. The summed E-state index contributed by atoms with van der Waals surface area (Å²) in [4.78, 5) is 18.2. The Hall–Kier alpha value is -4.59. The molecule has 1 atom stereocenters. The van der Waals surface area contributed by atoms with Gasteiger partial charge in [0.25, 0.3) is 0 Å². The third-order valence-corrected chi connectivity index (χ3v) is 6.97. The van der Waals surface area contributed by atoms with Gasteiger partial charge in [-0.25, -0.2) is 18.2 Å². The van der Waals surface area contributed by atoms with Crippen LogP contribution in [0.5, 0.6) is 11.5 Å². The fraction of sp³-hybridized carbons (Fsp3) is 0.133. The number of nitrogens with one attached hydrogen (secondary N) is 1. The molecule has 6 rings (SSSR count). The lowest BCUT2D eigenvalue weighted by Gasteiger charge is -2.15. The number of H-pyrrole nitrogens is 1. The average molecular weight is 514 g/mol. The van der Waals surface area contributed by atoms with E-state index in [0.717, 1.165) is 17.4 Å². The number of aromatic amines is 1. The van der Waals surface area contributed by atoms with Crippen LogP contribution >= 0.6 is 0 Å². The fourth-order valence-electron chi connectivity index (χ4n) is 4.97. The Morgan fingerprint density at radius 3 is 2.76 bits per heavy atom. The van der Waals surface area contributed by atoms with Crippen molar-refractivity contribution in [2.45, 2.75) is 25.7 Å². The summed E-state index contributed by atoms with van der Waals surface area (Å²) in [6.07, 6.45) is 6.48. The maximum atomic E-state index is 15.3. The Bertz CT molecular complexity index is 1840. The van der Waals surface area contributed by atoms with Crippen molar-refractivity contribution >= 4 is 33.6 Å². The molecule has 0 spiro atoms. The van der Waals surface area contributed by atoms with Crippen LogP contribution in [0.1, 0.15) is 36.1 Å². The van der Waals surface area contributed by atoms with Crippen molar-refractivity contribution in [2.75, 3.05) is 0 Å². The van der Waals surface area contributed by atoms with Crippen LogP contribution in [0.4, 0.5) is 13.2 Å². The van der Waals surface area contributed by atoms with Crippen LogP contribution in [0.3, 0.4) is 0 Å². The Morgan fingerprint density at radius 2 is 1.92 bits per heavy atom. The number of carbonyl (C=O) groups is 1. The summed E-state index contributed by atoms with van der Waals surface area (Å²) in [5.41, 5.74) is 2.74. The number of fused-ring (bicyclic) bond motifs is 4. The molecule has 0 bridgehead atoms. The second kappa shape index (κ2) is 9.37. The van der Waals surface area contributed by atoms with E-state index >= 15 is 4.39 Å². The lowest BCUT2D eigenvalue weighted by atomic mass is 9.94. The molecule has 8 heteroatoms. The van der Waals surface area contributed by atoms with Crippen molar-refractivity contribution in [3.05, 3.63) is 107 Å². The maximum Gasteiger partial charge on any atom is 0.199 e. The van der Waals surface area contributed by atoms with E-state index in [1.165, 1.54) is 18.3 Å². The van der Waals surface area contributed by atoms with Gasteiger partial charge in [-0.2, -0.15) is 0 Å². The first-order valence-corrected chi connectivity index (χ1v) is 12.2. The summed E-state index contributed by atoms with van der Waals surface area (Å²) in [6, 6.07) is 15.0. The van der Waals surface area contributed by atoms with Crippen molar-refractivity contribution in [2.24, 2.45) is 0 Å². The molecule has 0 fully saturated rings. The zero-order valence-corrected chi connectivity index (χ0v) is 20.3. The first-order chi connectivity index (χ1) is 18.5. The summed E-state index contributed by atoms with van der Waals surface area (Å²) >= 11 is 0. The second-order valence-corrected chi connectivity index (χ2v) is 9.23. The monoisotopic (exact) mass is 513 g/mol. The Balaban J connectivity index is 1.40. The van der Waals surface area contributed by atoms with Gasteiger partial charge in [-0.3, -0.25) is 0 Å². The highest BCUT2D eigenvalue weighted by molar-refractivity contribution is 5.95. The molecule has 0 amide bonds. The zero-order chi connectivity index (χ0) is 26.4. The smallest absolute Gasteiger partial charge is 0.199 e. The molecule has 1 unspecified atom stereocenters. The number of pyridine rings is 1. The van der Waals surface area contributed by atoms with Crippen molar-refractivity contribution in [1.29, 1.82) is 0 Å². The number of imidazole rings is 1. The minimum Gasteiger partial charge on any atom is -0.451 e. The van der Waals surface area contributed by atoms with E-state index in [9.17, 15) is 13.6 Å². The number of halogens is 3. The van der Waals surface area contributed by atoms with Crippen LogP contribution in [0.2, 0.25) is 0 Å². The highest BCUT2D eigenvalue weighted by Gasteiger charge is 2.21. The predicted molar refractivity (Wildman–Crippen MR) is 139 cm³/mol. The number of aromatic nitrogens is 3. The Labute approximate surface area is 215 Å². The van der Waals surface area contributed by atoms with E-state index < -0.39 is 17.4 Å². The maximum absolute atomic E-state index is 15.3. The number of ether oxygens (including phenoxy) is 1. The lowest BCUT2D eigenvalue weighted by molar-refractivity contribution is -0.107. The minimum atomic E-state index is -0.815. The number of hydrogen-bond donors (Lipinski definition) is 1. The first-order valence-electron chi connectivity index (χ1n) is 12.2. The van der Waals surface area contributed by atoms with Gasteiger partial charge in [0, 0.05) is 53.5 Å². The van der Waals surface area contributed by atoms with Gasteiger partial charge in [0.15, 0.2) is 17.4 Å². The van der Waals surface area contributed by atoms with Crippen LogP contribution in [0.25, 0.3) is 27.3 Å². The van der Waals surface area contributed by atoms with Gasteiger partial charge in [0.2, 0.25) is 0 Å². The molecule has 0 saturated heterocycles. The fourth-order valence-corrected chi connectivity index (χ4v) is 4.97. The molecule has 0 aliphatic carbocycles. The van der Waals surface area contributed by atoms with Crippen LogP contribution in [-0.2, 0) is 11.2 Å². The summed E-state index contributed by atoms with van der Waals surface area (Å²) in [5, 5.41) is 1.81. The topological polar surface area (TPSA) is 59.4 Å². The molecule has 0 aliphatic rings. The lowest BCUT2D eigenvalue weighted by Crippen LogP contribution is -2.05. The number of aryl methyl sites for hydroxylation is 1. The van der Waals surface area contributed by atoms with E-state index in [-0.39, 0.29) is 29.3 Å². The third kappa shape index (κ3) is 3.89. The molecule has 3 aromatic heterocycles. The number of carbonyl (C=O) groups excluding carboxylic acids is 1. The van der Waals surface area contributed by atoms with Gasteiger partial charge >= 0.3 is 0 Å². The Kier molecular flexibility index (Phi) is 5.87. The van der Waals surface area contributed by atoms with Crippen LogP contribution in [-0.4, -0.2) is 20.7 Å². The summed E-state index contributed by atoms with van der Waals surface area (Å²) in [7, 11) is 0. The molecule has 0 radical (unpaired) electrons. The second-order valence-electron chi connectivity index (χ2n) is 9.23. The number of rotatable bonds is 7. The molecule has 3 heterocycles. The van der Waals surface area contributed by atoms with E-state index in [4.69, 9.17) is 4.74 Å². The van der Waals surface area contributed by atoms with E-state index in [0.29, 0.717) is 34.1 Å². The summed E-state index contributed by atoms with van der Waals surface area (Å²) in [6.45, 7) is 1.90. The van der Waals surface area contributed by atoms with E-state index in [2.05, 4.69) is 9.97 Å². The van der Waals surface area contributed by atoms with Crippen LogP contribution in [0, 0.1) is 17.5 Å². The van der Waals surface area contributed by atoms with Crippen molar-refractivity contribution < 1.29 is 22.7 Å². The quantitative estimate of drug-likeness (QED) is 0.225. The molecule has 0 aliphatic heterocycles. The molecular formula is C30H22F3N3O2. The van der Waals surface area contributed by atoms with Gasteiger partial charge in [0.1, 0.15) is 23.5 Å². The summed E-state index contributed by atoms with van der Waals surface area (Å²) in [5.74, 6) is -2.47. The van der Waals surface area contributed by atoms with E-state index in [1.54, 1.807) is 42.6 Å². The van der Waals surface area contributed by atoms with Gasteiger partial charge < -0.3 is 18.9 Å². The summed E-state index contributed by atoms with van der Waals surface area (Å²) < 4.78 is 52.4. The van der Waals surface area contributed by atoms with Gasteiger partial charge in [-0.05, 0) is 47.2 Å². The number of nitrogens with zero attached hydrogens (tertiary/aromatic N) is 2. The first kappa shape index (κ1) is 23.8. The highest BCUT2D eigenvalue weighted by Crippen LogP contribution is 2.35. The number of hydrogen-bond acceptors (Lipinski definition) is 3. The largest absolute Gasteiger partial charge is 0.451 e. The zero-order valence-electron chi connectivity index (χ0n) is 20.3. The van der Waals surface area contributed by atoms with Crippen LogP contribution in [0.15, 0.2) is 73.2 Å². The predicted octanol–water partition coefficient (Wildman–Crippen LogP) is 7.46. The molecule has 190 valence electrons. The van der Waals surface area contributed by atoms with Gasteiger partial charge in [0.05, 0.1) is 5.52 Å². The molecule has 38 heavy (non-hydrogen) atoms. The molecular weight excluding hydrogens is 491 g/mol. The van der Waals surface area contributed by atoms with Gasteiger partial charge in [-0.1, -0.05) is 31.2 Å². The highest BCUT2D eigenvalue weighted by atomic mass is 19.1. The molecule has 0 saturated carbocycles. The minimum absolute atomic E-state index is 0.235. The van der Waals surface area contributed by atoms with Gasteiger partial charge in [-0.15, -0.1) is 0 Å². The normalized spacial score (nSPS) is 12.4. The third-order valence-electron chi connectivity index (χ3n) is 6.97. The molecule has 6 aromatic rings. The SMILES string of the molecule is CC(c1cccc(CCC=O)c1F)c1cnc2c3cc(Oc4c(F)cc5[nH]ccc5c4F)ccc3ccn12. The van der Waals surface area contributed by atoms with Crippen molar-refractivity contribution in [3.63, 3.8) is 0 Å². The molecule has 3 aromatic carbocycles. The standard InChI is InChI=1S/C30H22F3N3O2/c1-17(21-6-2-4-19(27(21)32)5-3-13-37)26-16-35-30-23-14-20(8-7-18(23)10-12-36(26)30)38-29-24(31)15-25-22(28(29)33)9-11-34-25/h2,4,6-17,34H,3,5H2,1H3. The van der Waals surface area contributed by atoms with Crippen molar-refractivity contribution in [3.8, 4) is 11.5 Å². The average Bonchev–Trinajstić information content (AvgIpc) is 3.57. The van der Waals surface area contributed by atoms with Crippen LogP contribution < -0.4 is 4.74 Å². The molecule has 5 nitrogen and oxygen atoms in total.